The largest absolute Gasteiger partial charge is 0.324 e. The molecule has 0 spiro atoms. The minimum absolute atomic E-state index is 0.0414. The second kappa shape index (κ2) is 9.59. The molecule has 12 heteroatoms. The Morgan fingerprint density at radius 1 is 1.14 bits per heavy atom. The minimum atomic E-state index is -3.08. The molecule has 0 unspecified atom stereocenters. The van der Waals surface area contributed by atoms with Gasteiger partial charge in [-0.05, 0) is 41.8 Å². The fourth-order valence-electron chi connectivity index (χ4n) is 4.19. The van der Waals surface area contributed by atoms with E-state index in [0.29, 0.717) is 51.2 Å². The smallest absolute Gasteiger partial charge is 0.263 e. The highest BCUT2D eigenvalue weighted by molar-refractivity contribution is 7.99. The van der Waals surface area contributed by atoms with E-state index in [2.05, 4.69) is 15.3 Å². The van der Waals surface area contributed by atoms with Crippen LogP contribution in [-0.4, -0.2) is 53.7 Å². The van der Waals surface area contributed by atoms with E-state index in [1.807, 2.05) is 23.1 Å². The lowest BCUT2D eigenvalue weighted by Crippen LogP contribution is -2.35. The molecular weight excluding hydrogens is 529 g/mol. The SMILES string of the molecule is CS(=O)(=O)CN1CCc2ccc(Nc3ncc4c(n3)SCN(c3c(Cl)cccc3Cl)C4=O)cc2C1. The number of benzene rings is 2. The number of para-hydroxylation sites is 1. The van der Waals surface area contributed by atoms with Crippen LogP contribution in [0.1, 0.15) is 21.5 Å². The van der Waals surface area contributed by atoms with E-state index in [-0.39, 0.29) is 11.8 Å². The van der Waals surface area contributed by atoms with Gasteiger partial charge in [0.25, 0.3) is 5.91 Å². The van der Waals surface area contributed by atoms with Crippen molar-refractivity contribution in [2.45, 2.75) is 18.0 Å². The molecule has 1 aromatic heterocycles. The summed E-state index contributed by atoms with van der Waals surface area (Å²) < 4.78 is 23.4. The summed E-state index contributed by atoms with van der Waals surface area (Å²) in [5.41, 5.74) is 3.91. The Bertz CT molecular complexity index is 1410. The molecular formula is C23H21Cl2N5O3S2. The average molecular weight is 550 g/mol. The van der Waals surface area contributed by atoms with Crippen molar-refractivity contribution < 1.29 is 13.2 Å². The monoisotopic (exact) mass is 549 g/mol. The number of carbonyl (C=O) groups is 1. The van der Waals surface area contributed by atoms with Gasteiger partial charge in [-0.25, -0.2) is 18.4 Å². The van der Waals surface area contributed by atoms with Gasteiger partial charge >= 0.3 is 0 Å². The molecule has 0 radical (unpaired) electrons. The molecule has 182 valence electrons. The van der Waals surface area contributed by atoms with E-state index in [4.69, 9.17) is 23.2 Å². The van der Waals surface area contributed by atoms with E-state index in [1.54, 1.807) is 18.2 Å². The summed E-state index contributed by atoms with van der Waals surface area (Å²) >= 11 is 14.0. The zero-order chi connectivity index (χ0) is 24.7. The second-order valence-electron chi connectivity index (χ2n) is 8.46. The Kier molecular flexibility index (Phi) is 6.67. The van der Waals surface area contributed by atoms with Crippen LogP contribution in [-0.2, 0) is 22.8 Å². The molecule has 2 aliphatic heterocycles. The zero-order valence-electron chi connectivity index (χ0n) is 18.7. The van der Waals surface area contributed by atoms with Crippen LogP contribution in [0.25, 0.3) is 0 Å². The molecule has 0 bridgehead atoms. The second-order valence-corrected chi connectivity index (χ2v) is 12.3. The number of halogens is 2. The number of aromatic nitrogens is 2. The van der Waals surface area contributed by atoms with Gasteiger partial charge in [0, 0.05) is 31.2 Å². The quantitative estimate of drug-likeness (QED) is 0.461. The molecule has 0 atom stereocenters. The van der Waals surface area contributed by atoms with Crippen molar-refractivity contribution >= 4 is 68.0 Å². The Hall–Kier alpha value is -2.37. The van der Waals surface area contributed by atoms with Crippen molar-refractivity contribution in [1.82, 2.24) is 14.9 Å². The number of carbonyl (C=O) groups excluding carboxylic acids is 1. The van der Waals surface area contributed by atoms with Crippen molar-refractivity contribution in [2.75, 3.05) is 34.8 Å². The van der Waals surface area contributed by atoms with Gasteiger partial charge in [0.15, 0.2) is 9.84 Å². The molecule has 8 nitrogen and oxygen atoms in total. The predicted octanol–water partition coefficient (Wildman–Crippen LogP) is 4.60. The van der Waals surface area contributed by atoms with Crippen molar-refractivity contribution in [1.29, 1.82) is 0 Å². The summed E-state index contributed by atoms with van der Waals surface area (Å²) in [6.07, 6.45) is 3.55. The fraction of sp³-hybridized carbons (Fsp3) is 0.261. The number of sulfone groups is 1. The molecule has 3 heterocycles. The Labute approximate surface area is 217 Å². The molecule has 2 aliphatic rings. The summed E-state index contributed by atoms with van der Waals surface area (Å²) in [6, 6.07) is 11.1. The summed E-state index contributed by atoms with van der Waals surface area (Å²) in [4.78, 5) is 25.5. The summed E-state index contributed by atoms with van der Waals surface area (Å²) in [5, 5.41) is 4.58. The topological polar surface area (TPSA) is 95.5 Å². The Morgan fingerprint density at radius 3 is 2.66 bits per heavy atom. The fourth-order valence-corrected chi connectivity index (χ4v) is 6.62. The normalized spacial score (nSPS) is 16.1. The van der Waals surface area contributed by atoms with Gasteiger partial charge in [-0.2, -0.15) is 0 Å². The van der Waals surface area contributed by atoms with Gasteiger partial charge in [-0.15, -0.1) is 0 Å². The highest BCUT2D eigenvalue weighted by Gasteiger charge is 2.30. The maximum Gasteiger partial charge on any atom is 0.263 e. The van der Waals surface area contributed by atoms with Crippen LogP contribution in [0.4, 0.5) is 17.3 Å². The molecule has 0 fully saturated rings. The van der Waals surface area contributed by atoms with E-state index in [9.17, 15) is 13.2 Å². The zero-order valence-corrected chi connectivity index (χ0v) is 21.8. The van der Waals surface area contributed by atoms with Crippen LogP contribution in [0.2, 0.25) is 10.0 Å². The molecule has 0 saturated heterocycles. The number of hydrogen-bond acceptors (Lipinski definition) is 8. The first-order valence-electron chi connectivity index (χ1n) is 10.7. The van der Waals surface area contributed by atoms with Crippen LogP contribution in [0.5, 0.6) is 0 Å². The highest BCUT2D eigenvalue weighted by Crippen LogP contribution is 2.39. The lowest BCUT2D eigenvalue weighted by Gasteiger charge is -2.29. The minimum Gasteiger partial charge on any atom is -0.324 e. The molecule has 1 N–H and O–H groups in total. The number of nitrogens with zero attached hydrogens (tertiary/aromatic N) is 4. The van der Waals surface area contributed by atoms with Crippen LogP contribution < -0.4 is 10.2 Å². The van der Waals surface area contributed by atoms with Gasteiger partial charge in [0.05, 0.1) is 27.2 Å². The van der Waals surface area contributed by atoms with Crippen LogP contribution >= 0.6 is 35.0 Å². The molecule has 35 heavy (non-hydrogen) atoms. The lowest BCUT2D eigenvalue weighted by molar-refractivity contribution is 0.0985. The maximum atomic E-state index is 13.1. The van der Waals surface area contributed by atoms with Crippen molar-refractivity contribution in [3.8, 4) is 0 Å². The highest BCUT2D eigenvalue weighted by atomic mass is 35.5. The standard InChI is InChI=1S/C23H21Cl2N5O3S2/c1-35(32,33)13-29-8-7-14-5-6-16(9-15(14)11-29)27-23-26-10-17-21(28-23)34-12-30(22(17)31)20-18(24)3-2-4-19(20)25/h2-6,9-10H,7-8,11-13H2,1H3,(H,26,27,28). The summed E-state index contributed by atoms with van der Waals surface area (Å²) in [7, 11) is -3.08. The number of anilines is 3. The molecule has 0 aliphatic carbocycles. The average Bonchev–Trinajstić information content (AvgIpc) is 2.79. The van der Waals surface area contributed by atoms with Crippen molar-refractivity contribution in [2.24, 2.45) is 0 Å². The van der Waals surface area contributed by atoms with Gasteiger partial charge in [-0.1, -0.05) is 47.1 Å². The van der Waals surface area contributed by atoms with E-state index < -0.39 is 9.84 Å². The van der Waals surface area contributed by atoms with Gasteiger partial charge < -0.3 is 5.32 Å². The van der Waals surface area contributed by atoms with Crippen LogP contribution in [0.3, 0.4) is 0 Å². The summed E-state index contributed by atoms with van der Waals surface area (Å²) in [5.74, 6) is 0.470. The van der Waals surface area contributed by atoms with Gasteiger partial charge in [-0.3, -0.25) is 14.6 Å². The summed E-state index contributed by atoms with van der Waals surface area (Å²) in [6.45, 7) is 1.27. The number of hydrogen-bond donors (Lipinski definition) is 1. The Balaban J connectivity index is 1.34. The number of amides is 1. The third kappa shape index (κ3) is 5.26. The third-order valence-corrected chi connectivity index (χ3v) is 8.15. The predicted molar refractivity (Wildman–Crippen MR) is 140 cm³/mol. The Morgan fingerprint density at radius 2 is 1.91 bits per heavy atom. The van der Waals surface area contributed by atoms with Crippen LogP contribution in [0.15, 0.2) is 47.6 Å². The van der Waals surface area contributed by atoms with E-state index in [1.165, 1.54) is 34.7 Å². The first-order chi connectivity index (χ1) is 16.7. The number of rotatable bonds is 5. The number of nitrogens with one attached hydrogen (secondary N) is 1. The van der Waals surface area contributed by atoms with E-state index in [0.717, 1.165) is 17.7 Å². The van der Waals surface area contributed by atoms with Gasteiger partial charge in [0.1, 0.15) is 10.9 Å². The molecule has 5 rings (SSSR count). The number of thioether (sulfide) groups is 1. The van der Waals surface area contributed by atoms with Crippen LogP contribution in [0, 0.1) is 0 Å². The third-order valence-electron chi connectivity index (χ3n) is 5.74. The van der Waals surface area contributed by atoms with Gasteiger partial charge in [0.2, 0.25) is 5.95 Å². The first kappa shape index (κ1) is 24.3. The molecule has 1 amide bonds. The molecule has 0 saturated carbocycles. The molecule has 2 aromatic carbocycles. The number of fused-ring (bicyclic) bond motifs is 2. The first-order valence-corrected chi connectivity index (χ1v) is 14.5. The van der Waals surface area contributed by atoms with Crippen molar-refractivity contribution in [3.63, 3.8) is 0 Å². The maximum absolute atomic E-state index is 13.1. The molecule has 3 aromatic rings. The lowest BCUT2D eigenvalue weighted by atomic mass is 9.99. The van der Waals surface area contributed by atoms with E-state index >= 15 is 0 Å². The van der Waals surface area contributed by atoms with Crippen molar-refractivity contribution in [3.05, 3.63) is 69.3 Å².